The Labute approximate surface area is 132 Å². The van der Waals surface area contributed by atoms with Gasteiger partial charge in [0, 0.05) is 16.6 Å². The normalized spacial score (nSPS) is 18.8. The molecule has 0 bridgehead atoms. The van der Waals surface area contributed by atoms with Gasteiger partial charge in [0.1, 0.15) is 0 Å². The molecule has 0 aliphatic carbocycles. The van der Waals surface area contributed by atoms with E-state index in [1.54, 1.807) is 0 Å². The topological polar surface area (TPSA) is 101 Å². The maximum Gasteiger partial charge on any atom is 0.248 e. The van der Waals surface area contributed by atoms with Crippen molar-refractivity contribution in [2.45, 2.75) is 17.7 Å². The van der Waals surface area contributed by atoms with Crippen molar-refractivity contribution in [1.29, 1.82) is 0 Å². The molecule has 2 rings (SSSR count). The van der Waals surface area contributed by atoms with Crippen LogP contribution >= 0.6 is 15.9 Å². The van der Waals surface area contributed by atoms with Gasteiger partial charge in [-0.25, -0.2) is 13.1 Å². The maximum absolute atomic E-state index is 12.2. The molecule has 8 heteroatoms. The molecule has 116 valence electrons. The van der Waals surface area contributed by atoms with Gasteiger partial charge in [-0.2, -0.15) is 0 Å². The van der Waals surface area contributed by atoms with E-state index < -0.39 is 15.9 Å². The second-order valence-electron chi connectivity index (χ2n) is 5.09. The maximum atomic E-state index is 12.2. The minimum absolute atomic E-state index is 0.0372. The van der Waals surface area contributed by atoms with E-state index in [4.69, 9.17) is 5.73 Å². The zero-order valence-electron chi connectivity index (χ0n) is 11.4. The largest absolute Gasteiger partial charge is 0.366 e. The Bertz CT molecular complexity index is 628. The fraction of sp³-hybridized carbons (Fsp3) is 0.462. The lowest BCUT2D eigenvalue weighted by molar-refractivity contribution is 0.1000. The van der Waals surface area contributed by atoms with E-state index in [1.807, 2.05) is 0 Å². The highest BCUT2D eigenvalue weighted by molar-refractivity contribution is 9.10. The number of nitrogens with one attached hydrogen (secondary N) is 2. The third kappa shape index (κ3) is 4.50. The molecule has 1 aromatic carbocycles. The molecule has 1 aliphatic heterocycles. The number of rotatable bonds is 6. The lowest BCUT2D eigenvalue weighted by atomic mass is 10.1. The van der Waals surface area contributed by atoms with Crippen LogP contribution in [-0.2, 0) is 10.0 Å². The van der Waals surface area contributed by atoms with Crippen LogP contribution in [0, 0.1) is 5.92 Å². The number of nitrogens with two attached hydrogens (primary N) is 1. The second-order valence-corrected chi connectivity index (χ2v) is 7.77. The average Bonchev–Trinajstić information content (AvgIpc) is 2.91. The summed E-state index contributed by atoms with van der Waals surface area (Å²) >= 11 is 3.19. The van der Waals surface area contributed by atoms with Crippen LogP contribution in [0.2, 0.25) is 0 Å². The first-order valence-electron chi connectivity index (χ1n) is 6.69. The Morgan fingerprint density at radius 2 is 2.19 bits per heavy atom. The van der Waals surface area contributed by atoms with E-state index in [1.165, 1.54) is 18.2 Å². The van der Waals surface area contributed by atoms with E-state index in [0.717, 1.165) is 25.9 Å². The molecule has 1 fully saturated rings. The van der Waals surface area contributed by atoms with Gasteiger partial charge >= 0.3 is 0 Å². The second kappa shape index (κ2) is 6.87. The highest BCUT2D eigenvalue weighted by Crippen LogP contribution is 2.20. The third-order valence-electron chi connectivity index (χ3n) is 3.47. The van der Waals surface area contributed by atoms with Gasteiger partial charge < -0.3 is 11.1 Å². The summed E-state index contributed by atoms with van der Waals surface area (Å²) < 4.78 is 27.5. The van der Waals surface area contributed by atoms with Crippen molar-refractivity contribution in [2.75, 3.05) is 19.6 Å². The lowest BCUT2D eigenvalue weighted by Crippen LogP contribution is -2.27. The van der Waals surface area contributed by atoms with Gasteiger partial charge in [0.25, 0.3) is 0 Å². The van der Waals surface area contributed by atoms with Crippen molar-refractivity contribution >= 4 is 31.9 Å². The molecule has 4 N–H and O–H groups in total. The van der Waals surface area contributed by atoms with Crippen LogP contribution in [-0.4, -0.2) is 34.0 Å². The number of carbonyl (C=O) groups is 1. The summed E-state index contributed by atoms with van der Waals surface area (Å²) in [5.41, 5.74) is 5.35. The van der Waals surface area contributed by atoms with Crippen molar-refractivity contribution < 1.29 is 13.2 Å². The molecule has 0 aromatic heterocycles. The molecule has 1 amide bonds. The van der Waals surface area contributed by atoms with Crippen LogP contribution < -0.4 is 15.8 Å². The van der Waals surface area contributed by atoms with Crippen molar-refractivity contribution in [3.63, 3.8) is 0 Å². The van der Waals surface area contributed by atoms with Crippen LogP contribution in [0.3, 0.4) is 0 Å². The fourth-order valence-corrected chi connectivity index (χ4v) is 4.06. The Hall–Kier alpha value is -0.960. The molecule has 0 radical (unpaired) electrons. The molecule has 1 aromatic rings. The van der Waals surface area contributed by atoms with E-state index in [0.29, 0.717) is 16.9 Å². The molecule has 0 saturated carbocycles. The van der Waals surface area contributed by atoms with Crippen molar-refractivity contribution in [3.05, 3.63) is 28.2 Å². The van der Waals surface area contributed by atoms with E-state index in [2.05, 4.69) is 26.0 Å². The van der Waals surface area contributed by atoms with Gasteiger partial charge in [-0.15, -0.1) is 0 Å². The van der Waals surface area contributed by atoms with Gasteiger partial charge in [0.2, 0.25) is 15.9 Å². The Kier molecular flexibility index (Phi) is 5.37. The molecule has 1 saturated heterocycles. The Balaban J connectivity index is 2.06. The summed E-state index contributed by atoms with van der Waals surface area (Å²) in [6, 6.07) is 4.23. The smallest absolute Gasteiger partial charge is 0.248 e. The van der Waals surface area contributed by atoms with Gasteiger partial charge in [-0.3, -0.25) is 4.79 Å². The molecule has 21 heavy (non-hydrogen) atoms. The predicted molar refractivity (Wildman–Crippen MR) is 83.4 cm³/mol. The van der Waals surface area contributed by atoms with Gasteiger partial charge in [0.05, 0.1) is 4.90 Å². The average molecular weight is 376 g/mol. The van der Waals surface area contributed by atoms with E-state index in [9.17, 15) is 13.2 Å². The van der Waals surface area contributed by atoms with Gasteiger partial charge in [-0.05, 0) is 50.0 Å². The highest BCUT2D eigenvalue weighted by atomic mass is 79.9. The molecule has 1 unspecified atom stereocenters. The SMILES string of the molecule is NC(=O)c1cc(Br)cc(S(=O)(=O)NCCC2CCNC2)c1. The monoisotopic (exact) mass is 375 g/mol. The van der Waals surface area contributed by atoms with Crippen molar-refractivity contribution in [3.8, 4) is 0 Å². The Morgan fingerprint density at radius 3 is 2.81 bits per heavy atom. The number of benzene rings is 1. The number of amides is 1. The minimum Gasteiger partial charge on any atom is -0.366 e. The molecule has 6 nitrogen and oxygen atoms in total. The van der Waals surface area contributed by atoms with Crippen molar-refractivity contribution in [1.82, 2.24) is 10.0 Å². The third-order valence-corrected chi connectivity index (χ3v) is 5.37. The molecule has 1 atom stereocenters. The molecule has 1 aliphatic rings. The van der Waals surface area contributed by atoms with Crippen LogP contribution in [0.5, 0.6) is 0 Å². The first-order chi connectivity index (χ1) is 9.88. The summed E-state index contributed by atoms with van der Waals surface area (Å²) in [6.45, 7) is 2.31. The summed E-state index contributed by atoms with van der Waals surface area (Å²) in [5, 5.41) is 3.24. The van der Waals surface area contributed by atoms with Crippen LogP contribution in [0.25, 0.3) is 0 Å². The number of carbonyl (C=O) groups excluding carboxylic acids is 1. The summed E-state index contributed by atoms with van der Waals surface area (Å²) in [5.74, 6) is -0.152. The zero-order valence-corrected chi connectivity index (χ0v) is 13.8. The van der Waals surface area contributed by atoms with Crippen LogP contribution in [0.15, 0.2) is 27.6 Å². The summed E-state index contributed by atoms with van der Waals surface area (Å²) in [4.78, 5) is 11.2. The lowest BCUT2D eigenvalue weighted by Gasteiger charge is -2.11. The van der Waals surface area contributed by atoms with Crippen molar-refractivity contribution in [2.24, 2.45) is 11.7 Å². The van der Waals surface area contributed by atoms with Crippen LogP contribution in [0.1, 0.15) is 23.2 Å². The summed E-state index contributed by atoms with van der Waals surface area (Å²) in [6.07, 6.45) is 1.87. The molecule has 0 spiro atoms. The Morgan fingerprint density at radius 1 is 1.43 bits per heavy atom. The van der Waals surface area contributed by atoms with E-state index >= 15 is 0 Å². The summed E-state index contributed by atoms with van der Waals surface area (Å²) in [7, 11) is -3.64. The molecule has 1 heterocycles. The van der Waals surface area contributed by atoms with Gasteiger partial charge in [-0.1, -0.05) is 15.9 Å². The number of primary amides is 1. The van der Waals surface area contributed by atoms with E-state index in [-0.39, 0.29) is 10.5 Å². The quantitative estimate of drug-likeness (QED) is 0.684. The zero-order chi connectivity index (χ0) is 15.5. The molecular formula is C13H18BrN3O3S. The number of halogens is 1. The first-order valence-corrected chi connectivity index (χ1v) is 8.97. The number of sulfonamides is 1. The molecular weight excluding hydrogens is 358 g/mol. The number of hydrogen-bond acceptors (Lipinski definition) is 4. The first kappa shape index (κ1) is 16.4. The number of hydrogen-bond donors (Lipinski definition) is 3. The predicted octanol–water partition coefficient (Wildman–Crippen LogP) is 0.826. The fourth-order valence-electron chi connectivity index (χ4n) is 2.30. The highest BCUT2D eigenvalue weighted by Gasteiger charge is 2.19. The van der Waals surface area contributed by atoms with Crippen LogP contribution in [0.4, 0.5) is 0 Å². The standard InChI is InChI=1S/C13H18BrN3O3S/c14-11-5-10(13(15)18)6-12(7-11)21(19,20)17-4-2-9-1-3-16-8-9/h5-7,9,16-17H,1-4,8H2,(H2,15,18). The van der Waals surface area contributed by atoms with Gasteiger partial charge in [0.15, 0.2) is 0 Å². The minimum atomic E-state index is -3.64.